The van der Waals surface area contributed by atoms with Crippen LogP contribution in [-0.4, -0.2) is 28.5 Å². The van der Waals surface area contributed by atoms with Crippen LogP contribution in [0.5, 0.6) is 0 Å². The summed E-state index contributed by atoms with van der Waals surface area (Å²) in [6.07, 6.45) is 3.86. The van der Waals surface area contributed by atoms with Gasteiger partial charge in [0.25, 0.3) is 5.91 Å². The van der Waals surface area contributed by atoms with Crippen LogP contribution in [0.4, 0.5) is 0 Å². The fraction of sp³-hybridized carbons (Fsp3) is 0.636. The number of hydroxylamine groups is 1. The number of hydrogen-bond donors (Lipinski definition) is 2. The van der Waals surface area contributed by atoms with Gasteiger partial charge in [-0.3, -0.25) is 15.0 Å². The molecule has 0 aromatic rings. The summed E-state index contributed by atoms with van der Waals surface area (Å²) in [5.41, 5.74) is 2.21. The number of allylic oxidation sites excluding steroid dienone is 1. The second-order valence-electron chi connectivity index (χ2n) is 4.45. The molecule has 16 heavy (non-hydrogen) atoms. The van der Waals surface area contributed by atoms with E-state index in [-0.39, 0.29) is 0 Å². The monoisotopic (exact) mass is 240 g/mol. The molecule has 2 N–H and O–H groups in total. The lowest BCUT2D eigenvalue weighted by molar-refractivity contribution is -0.124. The first-order valence-corrected chi connectivity index (χ1v) is 6.61. The lowest BCUT2D eigenvalue weighted by Gasteiger charge is -2.44. The van der Waals surface area contributed by atoms with Gasteiger partial charge in [-0.2, -0.15) is 0 Å². The Balaban J connectivity index is 2.39. The quantitative estimate of drug-likeness (QED) is 0.539. The van der Waals surface area contributed by atoms with Crippen LogP contribution in [0.1, 0.15) is 13.8 Å². The second-order valence-corrected chi connectivity index (χ2v) is 5.24. The number of nitrogens with one attached hydrogen (secondary N) is 1. The molecular weight excluding hydrogens is 224 g/mol. The van der Waals surface area contributed by atoms with Gasteiger partial charge in [-0.05, 0) is 24.0 Å². The topological polar surface area (TPSA) is 61.7 Å². The van der Waals surface area contributed by atoms with Gasteiger partial charge in [-0.1, -0.05) is 19.9 Å². The first kappa shape index (κ1) is 11.7. The van der Waals surface area contributed by atoms with Crippen molar-refractivity contribution >= 4 is 22.7 Å². The van der Waals surface area contributed by atoms with Crippen molar-refractivity contribution in [3.63, 3.8) is 0 Å². The molecule has 0 spiro atoms. The minimum Gasteiger partial charge on any atom is -0.288 e. The van der Waals surface area contributed by atoms with E-state index in [1.165, 1.54) is 11.8 Å². The molecule has 3 aliphatic rings. The van der Waals surface area contributed by atoms with Crippen LogP contribution in [0.2, 0.25) is 0 Å². The SMILES string of the molecule is CSC1=NC2C(C)C(C=C1C(=O)NO)C2C. The predicted molar refractivity (Wildman–Crippen MR) is 64.6 cm³/mol. The second kappa shape index (κ2) is 4.22. The van der Waals surface area contributed by atoms with E-state index in [2.05, 4.69) is 18.8 Å². The maximum Gasteiger partial charge on any atom is 0.277 e. The van der Waals surface area contributed by atoms with Crippen LogP contribution in [0.3, 0.4) is 0 Å². The zero-order valence-corrected chi connectivity index (χ0v) is 10.4. The summed E-state index contributed by atoms with van der Waals surface area (Å²) in [5, 5.41) is 9.45. The standard InChI is InChI=1S/C11H16N2O2S/c1-5-7-4-8(10(14)13-15)11(16-3)12-9(5)6(7)2/h4-7,9,15H,1-3H3,(H,13,14). The highest BCUT2D eigenvalue weighted by Crippen LogP contribution is 2.46. The lowest BCUT2D eigenvalue weighted by Crippen LogP contribution is -2.45. The summed E-state index contributed by atoms with van der Waals surface area (Å²) >= 11 is 1.46. The number of carbonyl (C=O) groups excluding carboxylic acids is 1. The largest absolute Gasteiger partial charge is 0.288 e. The van der Waals surface area contributed by atoms with Crippen LogP contribution in [-0.2, 0) is 4.79 Å². The molecule has 0 aromatic heterocycles. The van der Waals surface area contributed by atoms with Crippen molar-refractivity contribution in [2.75, 3.05) is 6.26 Å². The van der Waals surface area contributed by atoms with Crippen molar-refractivity contribution in [1.29, 1.82) is 0 Å². The summed E-state index contributed by atoms with van der Waals surface area (Å²) in [4.78, 5) is 16.2. The summed E-state index contributed by atoms with van der Waals surface area (Å²) in [7, 11) is 0. The Morgan fingerprint density at radius 1 is 1.50 bits per heavy atom. The highest BCUT2D eigenvalue weighted by molar-refractivity contribution is 8.14. The van der Waals surface area contributed by atoms with Gasteiger partial charge >= 0.3 is 0 Å². The van der Waals surface area contributed by atoms with Crippen LogP contribution >= 0.6 is 11.8 Å². The molecule has 88 valence electrons. The van der Waals surface area contributed by atoms with Gasteiger partial charge in [0.15, 0.2) is 0 Å². The van der Waals surface area contributed by atoms with E-state index in [0.717, 1.165) is 5.04 Å². The van der Waals surface area contributed by atoms with Crippen molar-refractivity contribution in [3.8, 4) is 0 Å². The smallest absolute Gasteiger partial charge is 0.277 e. The van der Waals surface area contributed by atoms with Gasteiger partial charge in [-0.15, -0.1) is 11.8 Å². The normalized spacial score (nSPS) is 36.8. The predicted octanol–water partition coefficient (Wildman–Crippen LogP) is 1.46. The maximum atomic E-state index is 11.5. The average molecular weight is 240 g/mol. The highest BCUT2D eigenvalue weighted by Gasteiger charge is 2.46. The number of nitrogens with zero attached hydrogens (tertiary/aromatic N) is 1. The van der Waals surface area contributed by atoms with Gasteiger partial charge < -0.3 is 0 Å². The molecule has 5 heteroatoms. The zero-order valence-electron chi connectivity index (χ0n) is 9.60. The fourth-order valence-corrected chi connectivity index (χ4v) is 3.28. The van der Waals surface area contributed by atoms with Gasteiger partial charge in [0.1, 0.15) is 5.04 Å². The Bertz CT molecular complexity index is 368. The minimum atomic E-state index is -0.458. The zero-order chi connectivity index (χ0) is 11.9. The molecule has 0 radical (unpaired) electrons. The van der Waals surface area contributed by atoms with Gasteiger partial charge in [0.05, 0.1) is 11.6 Å². The van der Waals surface area contributed by atoms with Crippen molar-refractivity contribution in [2.24, 2.45) is 22.7 Å². The van der Waals surface area contributed by atoms with Gasteiger partial charge in [0.2, 0.25) is 0 Å². The van der Waals surface area contributed by atoms with Crippen molar-refractivity contribution in [3.05, 3.63) is 11.6 Å². The first-order valence-electron chi connectivity index (χ1n) is 5.38. The van der Waals surface area contributed by atoms with Crippen molar-refractivity contribution in [2.45, 2.75) is 19.9 Å². The maximum absolute atomic E-state index is 11.5. The molecule has 0 aromatic carbocycles. The van der Waals surface area contributed by atoms with Crippen molar-refractivity contribution < 1.29 is 10.0 Å². The number of hydrogen-bond acceptors (Lipinski definition) is 4. The minimum absolute atomic E-state index is 0.313. The van der Waals surface area contributed by atoms with E-state index in [4.69, 9.17) is 5.21 Å². The van der Waals surface area contributed by atoms with Crippen LogP contribution in [0.25, 0.3) is 0 Å². The summed E-state index contributed by atoms with van der Waals surface area (Å²) < 4.78 is 0. The molecule has 0 saturated heterocycles. The van der Waals surface area contributed by atoms with E-state index in [9.17, 15) is 4.79 Å². The fourth-order valence-electron chi connectivity index (χ4n) is 2.67. The number of thioether (sulfide) groups is 1. The molecule has 1 aliphatic carbocycles. The van der Waals surface area contributed by atoms with Gasteiger partial charge in [-0.25, -0.2) is 5.48 Å². The van der Waals surface area contributed by atoms with Crippen LogP contribution in [0.15, 0.2) is 16.6 Å². The Morgan fingerprint density at radius 3 is 2.62 bits per heavy atom. The van der Waals surface area contributed by atoms with E-state index < -0.39 is 5.91 Å². The molecule has 2 aliphatic heterocycles. The molecule has 3 rings (SSSR count). The summed E-state index contributed by atoms with van der Waals surface area (Å²) in [5.74, 6) is 0.910. The molecule has 1 saturated carbocycles. The van der Waals surface area contributed by atoms with E-state index >= 15 is 0 Å². The lowest BCUT2D eigenvalue weighted by atomic mass is 9.62. The number of carbonyl (C=O) groups is 1. The van der Waals surface area contributed by atoms with Gasteiger partial charge in [0, 0.05) is 0 Å². The van der Waals surface area contributed by atoms with Crippen molar-refractivity contribution in [1.82, 2.24) is 5.48 Å². The molecule has 1 amide bonds. The summed E-state index contributed by atoms with van der Waals surface area (Å²) in [6, 6.07) is 0.313. The number of aliphatic imine (C=N–C) groups is 1. The molecule has 1 fully saturated rings. The third-order valence-electron chi connectivity index (χ3n) is 3.69. The highest BCUT2D eigenvalue weighted by atomic mass is 32.2. The van der Waals surface area contributed by atoms with Crippen LogP contribution < -0.4 is 5.48 Å². The number of fused-ring (bicyclic) bond motifs is 1. The Kier molecular flexibility index (Phi) is 3.08. The number of rotatable bonds is 1. The average Bonchev–Trinajstić information content (AvgIpc) is 2.55. The van der Waals surface area contributed by atoms with Crippen LogP contribution in [0, 0.1) is 17.8 Å². The molecule has 2 unspecified atom stereocenters. The molecular formula is C11H16N2O2S. The molecule has 2 heterocycles. The Morgan fingerprint density at radius 2 is 2.12 bits per heavy atom. The third-order valence-corrected chi connectivity index (χ3v) is 4.40. The molecule has 4 nitrogen and oxygen atoms in total. The Hall–Kier alpha value is -0.810. The van der Waals surface area contributed by atoms with E-state index in [1.807, 2.05) is 12.3 Å². The first-order chi connectivity index (χ1) is 7.60. The third kappa shape index (κ3) is 1.58. The van der Waals surface area contributed by atoms with E-state index in [0.29, 0.717) is 29.4 Å². The van der Waals surface area contributed by atoms with E-state index in [1.54, 1.807) is 5.48 Å². The molecule has 2 bridgehead atoms. The number of amides is 1. The summed E-state index contributed by atoms with van der Waals surface area (Å²) in [6.45, 7) is 4.32. The molecule has 2 atom stereocenters. The Labute approximate surface area is 99.2 Å².